The van der Waals surface area contributed by atoms with Crippen LogP contribution in [-0.2, 0) is 0 Å². The Labute approximate surface area is 130 Å². The van der Waals surface area contributed by atoms with Gasteiger partial charge in [-0.15, -0.1) is 0 Å². The predicted octanol–water partition coefficient (Wildman–Crippen LogP) is 3.13. The number of anilines is 2. The molecule has 1 heterocycles. The normalized spacial score (nSPS) is 18.3. The molecular weight excluding hydrogens is 276 g/mol. The van der Waals surface area contributed by atoms with Gasteiger partial charge in [-0.05, 0) is 26.0 Å². The molecule has 4 nitrogen and oxygen atoms in total. The molecule has 2 atom stereocenters. The highest BCUT2D eigenvalue weighted by Crippen LogP contribution is 2.39. The van der Waals surface area contributed by atoms with Crippen LogP contribution in [0.5, 0.6) is 5.75 Å². The van der Waals surface area contributed by atoms with Gasteiger partial charge in [0.1, 0.15) is 17.5 Å². The second-order valence-electron chi connectivity index (χ2n) is 5.68. The third-order valence-electron chi connectivity index (χ3n) is 4.00. The molecule has 2 aromatic carbocycles. The predicted molar refractivity (Wildman–Crippen MR) is 88.5 cm³/mol. The summed E-state index contributed by atoms with van der Waals surface area (Å²) in [6.07, 6.45) is 0.0142. The topological polar surface area (TPSA) is 55.6 Å². The number of hydrogen-bond acceptors (Lipinski definition) is 4. The second kappa shape index (κ2) is 5.72. The molecule has 2 aromatic rings. The molecule has 2 N–H and O–H groups in total. The van der Waals surface area contributed by atoms with E-state index in [0.29, 0.717) is 17.8 Å². The van der Waals surface area contributed by atoms with Crippen molar-refractivity contribution in [3.05, 3.63) is 54.1 Å². The van der Waals surface area contributed by atoms with Gasteiger partial charge in [0.05, 0.1) is 18.3 Å². The van der Waals surface area contributed by atoms with Crippen molar-refractivity contribution >= 4 is 17.2 Å². The van der Waals surface area contributed by atoms with E-state index >= 15 is 0 Å². The Hall–Kier alpha value is -2.49. The summed E-state index contributed by atoms with van der Waals surface area (Å²) in [6.45, 7) is 4.56. The summed E-state index contributed by atoms with van der Waals surface area (Å²) < 4.78 is 5.85. The monoisotopic (exact) mass is 296 g/mol. The van der Waals surface area contributed by atoms with Crippen molar-refractivity contribution in [1.29, 1.82) is 0 Å². The number of hydrogen-bond donors (Lipinski definition) is 1. The number of ether oxygens (including phenoxy) is 1. The molecule has 3 rings (SSSR count). The number of carbonyl (C=O) groups excluding carboxylic acids is 1. The van der Waals surface area contributed by atoms with Crippen molar-refractivity contribution in [3.8, 4) is 5.75 Å². The van der Waals surface area contributed by atoms with Gasteiger partial charge in [-0.3, -0.25) is 4.79 Å². The minimum absolute atomic E-state index is 0.0142. The first-order valence-corrected chi connectivity index (χ1v) is 7.49. The number of nitrogens with zero attached hydrogens (tertiary/aromatic N) is 1. The van der Waals surface area contributed by atoms with E-state index in [1.807, 2.05) is 67.3 Å². The van der Waals surface area contributed by atoms with Crippen molar-refractivity contribution in [2.45, 2.75) is 26.0 Å². The van der Waals surface area contributed by atoms with Gasteiger partial charge in [0, 0.05) is 5.56 Å². The molecule has 0 bridgehead atoms. The van der Waals surface area contributed by atoms with Crippen LogP contribution in [0.2, 0.25) is 0 Å². The highest BCUT2D eigenvalue weighted by Gasteiger charge is 2.31. The number of rotatable bonds is 3. The number of Topliss-reactive ketones (excluding diaryl/α,β-unsaturated/α-hetero) is 1. The van der Waals surface area contributed by atoms with E-state index in [-0.39, 0.29) is 17.9 Å². The van der Waals surface area contributed by atoms with E-state index < -0.39 is 0 Å². The van der Waals surface area contributed by atoms with Crippen LogP contribution in [-0.4, -0.2) is 24.5 Å². The molecule has 0 radical (unpaired) electrons. The summed E-state index contributed by atoms with van der Waals surface area (Å²) in [7, 11) is 0. The summed E-state index contributed by atoms with van der Waals surface area (Å²) in [5.41, 5.74) is 8.29. The maximum Gasteiger partial charge on any atom is 0.184 e. The summed E-state index contributed by atoms with van der Waals surface area (Å²) in [5, 5.41) is 0. The second-order valence-corrected chi connectivity index (χ2v) is 5.68. The van der Waals surface area contributed by atoms with Crippen molar-refractivity contribution in [3.63, 3.8) is 0 Å². The molecule has 0 saturated heterocycles. The van der Waals surface area contributed by atoms with Crippen LogP contribution in [0.15, 0.2) is 48.5 Å². The largest absolute Gasteiger partial charge is 0.487 e. The van der Waals surface area contributed by atoms with Gasteiger partial charge < -0.3 is 15.4 Å². The molecule has 114 valence electrons. The minimum Gasteiger partial charge on any atom is -0.487 e. The Bertz CT molecular complexity index is 685. The molecule has 4 heteroatoms. The number of nitrogens with two attached hydrogens (primary N) is 1. The fourth-order valence-corrected chi connectivity index (χ4v) is 2.90. The number of ketones is 1. The smallest absolute Gasteiger partial charge is 0.184 e. The van der Waals surface area contributed by atoms with E-state index in [2.05, 4.69) is 0 Å². The number of para-hydroxylation sites is 1. The number of fused-ring (bicyclic) bond motifs is 1. The first-order valence-electron chi connectivity index (χ1n) is 7.49. The molecule has 0 aliphatic carbocycles. The molecule has 22 heavy (non-hydrogen) atoms. The van der Waals surface area contributed by atoms with Crippen LogP contribution in [0.4, 0.5) is 11.4 Å². The summed E-state index contributed by atoms with van der Waals surface area (Å²) >= 11 is 0. The van der Waals surface area contributed by atoms with Gasteiger partial charge in [0.15, 0.2) is 5.78 Å². The third kappa shape index (κ3) is 2.52. The van der Waals surface area contributed by atoms with Gasteiger partial charge in [0.25, 0.3) is 0 Å². The molecule has 0 spiro atoms. The third-order valence-corrected chi connectivity index (χ3v) is 4.00. The molecular formula is C18H20N2O2. The Kier molecular flexibility index (Phi) is 3.75. The number of benzene rings is 2. The maximum absolute atomic E-state index is 12.7. The van der Waals surface area contributed by atoms with E-state index in [4.69, 9.17) is 10.5 Å². The quantitative estimate of drug-likeness (QED) is 0.698. The van der Waals surface area contributed by atoms with Gasteiger partial charge in [-0.1, -0.05) is 36.4 Å². The van der Waals surface area contributed by atoms with E-state index in [0.717, 1.165) is 11.4 Å². The first-order chi connectivity index (χ1) is 10.6. The van der Waals surface area contributed by atoms with Gasteiger partial charge >= 0.3 is 0 Å². The Morgan fingerprint density at radius 2 is 1.95 bits per heavy atom. The van der Waals surface area contributed by atoms with Crippen LogP contribution in [0, 0.1) is 0 Å². The lowest BCUT2D eigenvalue weighted by Gasteiger charge is -2.39. The zero-order valence-electron chi connectivity index (χ0n) is 12.8. The lowest BCUT2D eigenvalue weighted by atomic mass is 10.0. The molecule has 0 aromatic heterocycles. The molecule has 0 amide bonds. The number of nitrogen functional groups attached to an aromatic ring is 1. The fourth-order valence-electron chi connectivity index (χ4n) is 2.90. The lowest BCUT2D eigenvalue weighted by molar-refractivity contribution is 0.0956. The van der Waals surface area contributed by atoms with Crippen molar-refractivity contribution in [2.75, 3.05) is 17.2 Å². The van der Waals surface area contributed by atoms with E-state index in [1.165, 1.54) is 0 Å². The maximum atomic E-state index is 12.7. The SMILES string of the molecule is CC1CN(C(C)C(=O)c2ccccc2)c2c(N)cccc2O1. The highest BCUT2D eigenvalue weighted by molar-refractivity contribution is 6.02. The molecule has 1 aliphatic rings. The van der Waals surface area contributed by atoms with Crippen LogP contribution in [0.1, 0.15) is 24.2 Å². The zero-order valence-corrected chi connectivity index (χ0v) is 12.8. The Balaban J connectivity index is 1.97. The highest BCUT2D eigenvalue weighted by atomic mass is 16.5. The molecule has 1 aliphatic heterocycles. The minimum atomic E-state index is -0.294. The lowest BCUT2D eigenvalue weighted by Crippen LogP contribution is -2.47. The van der Waals surface area contributed by atoms with Crippen LogP contribution in [0.3, 0.4) is 0 Å². The fraction of sp³-hybridized carbons (Fsp3) is 0.278. The Morgan fingerprint density at radius 1 is 1.23 bits per heavy atom. The summed E-state index contributed by atoms with van der Waals surface area (Å²) in [4.78, 5) is 14.8. The van der Waals surface area contributed by atoms with Crippen LogP contribution >= 0.6 is 0 Å². The first kappa shape index (κ1) is 14.4. The van der Waals surface area contributed by atoms with Crippen LogP contribution in [0.25, 0.3) is 0 Å². The summed E-state index contributed by atoms with van der Waals surface area (Å²) in [5.74, 6) is 0.829. The van der Waals surface area contributed by atoms with Gasteiger partial charge in [-0.25, -0.2) is 0 Å². The average molecular weight is 296 g/mol. The van der Waals surface area contributed by atoms with Crippen LogP contribution < -0.4 is 15.4 Å². The molecule has 0 fully saturated rings. The number of carbonyl (C=O) groups is 1. The Morgan fingerprint density at radius 3 is 2.68 bits per heavy atom. The van der Waals surface area contributed by atoms with E-state index in [1.54, 1.807) is 0 Å². The zero-order chi connectivity index (χ0) is 15.7. The van der Waals surface area contributed by atoms with Gasteiger partial charge in [-0.2, -0.15) is 0 Å². The van der Waals surface area contributed by atoms with E-state index in [9.17, 15) is 4.79 Å². The molecule has 2 unspecified atom stereocenters. The van der Waals surface area contributed by atoms with Crippen molar-refractivity contribution in [1.82, 2.24) is 0 Å². The van der Waals surface area contributed by atoms with Crippen molar-refractivity contribution < 1.29 is 9.53 Å². The van der Waals surface area contributed by atoms with Crippen molar-refractivity contribution in [2.24, 2.45) is 0 Å². The standard InChI is InChI=1S/C18H20N2O2/c1-12-11-20(17-15(19)9-6-10-16(17)22-12)13(2)18(21)14-7-4-3-5-8-14/h3-10,12-13H,11,19H2,1-2H3. The average Bonchev–Trinajstić information content (AvgIpc) is 2.53. The van der Waals surface area contributed by atoms with Gasteiger partial charge in [0.2, 0.25) is 0 Å². The molecule has 0 saturated carbocycles. The summed E-state index contributed by atoms with van der Waals surface area (Å²) in [6, 6.07) is 14.7.